The molecule has 0 saturated heterocycles. The van der Waals surface area contributed by atoms with Crippen molar-refractivity contribution in [3.05, 3.63) is 66.5 Å². The van der Waals surface area contributed by atoms with Gasteiger partial charge in [-0.2, -0.15) is 0 Å². The largest absolute Gasteiger partial charge is 0.497 e. The lowest BCUT2D eigenvalue weighted by Gasteiger charge is -2.08. The van der Waals surface area contributed by atoms with Crippen molar-refractivity contribution < 1.29 is 4.74 Å². The molecule has 5 heteroatoms. The monoisotopic (exact) mass is 280 g/mol. The summed E-state index contributed by atoms with van der Waals surface area (Å²) in [6, 6.07) is 16.1. The lowest BCUT2D eigenvalue weighted by molar-refractivity contribution is 0.414. The number of hydrogen-bond acceptors (Lipinski definition) is 4. The normalized spacial score (nSPS) is 10.3. The van der Waals surface area contributed by atoms with Gasteiger partial charge in [0, 0.05) is 12.2 Å². The number of methoxy groups -OCH3 is 1. The average Bonchev–Trinajstić information content (AvgIpc) is 3.08. The van der Waals surface area contributed by atoms with Crippen LogP contribution >= 0.6 is 0 Å². The quantitative estimate of drug-likeness (QED) is 0.780. The summed E-state index contributed by atoms with van der Waals surface area (Å²) >= 11 is 0. The molecule has 0 aliphatic heterocycles. The van der Waals surface area contributed by atoms with E-state index in [1.54, 1.807) is 18.0 Å². The molecule has 1 heterocycles. The zero-order valence-corrected chi connectivity index (χ0v) is 11.7. The number of rotatable bonds is 5. The summed E-state index contributed by atoms with van der Waals surface area (Å²) in [5.41, 5.74) is 3.22. The summed E-state index contributed by atoms with van der Waals surface area (Å²) in [6.07, 6.45) is 3.48. The molecule has 3 rings (SSSR count). The molecule has 0 spiro atoms. The molecule has 0 aliphatic carbocycles. The fourth-order valence-electron chi connectivity index (χ4n) is 2.06. The maximum atomic E-state index is 5.22. The highest BCUT2D eigenvalue weighted by Gasteiger charge is 1.99. The van der Waals surface area contributed by atoms with Crippen LogP contribution in [0.15, 0.2) is 60.9 Å². The molecule has 0 radical (unpaired) electrons. The van der Waals surface area contributed by atoms with E-state index in [1.807, 2.05) is 48.7 Å². The fourth-order valence-corrected chi connectivity index (χ4v) is 2.06. The highest BCUT2D eigenvalue weighted by Crippen LogP contribution is 2.16. The van der Waals surface area contributed by atoms with Crippen LogP contribution in [0.1, 0.15) is 5.56 Å². The van der Waals surface area contributed by atoms with E-state index in [0.29, 0.717) is 0 Å². The number of nitrogens with one attached hydrogen (secondary N) is 1. The van der Waals surface area contributed by atoms with Gasteiger partial charge in [-0.15, -0.1) is 5.10 Å². The van der Waals surface area contributed by atoms with Crippen molar-refractivity contribution in [1.82, 2.24) is 15.0 Å². The minimum atomic E-state index is 0.750. The van der Waals surface area contributed by atoms with E-state index in [-0.39, 0.29) is 0 Å². The van der Waals surface area contributed by atoms with Gasteiger partial charge in [-0.25, -0.2) is 4.68 Å². The van der Waals surface area contributed by atoms with Gasteiger partial charge >= 0.3 is 0 Å². The van der Waals surface area contributed by atoms with Crippen molar-refractivity contribution in [2.45, 2.75) is 6.54 Å². The van der Waals surface area contributed by atoms with Gasteiger partial charge in [-0.1, -0.05) is 17.3 Å². The maximum Gasteiger partial charge on any atom is 0.119 e. The van der Waals surface area contributed by atoms with E-state index in [2.05, 4.69) is 21.7 Å². The molecule has 1 N–H and O–H groups in total. The molecule has 0 bridgehead atoms. The van der Waals surface area contributed by atoms with Crippen molar-refractivity contribution in [1.29, 1.82) is 0 Å². The van der Waals surface area contributed by atoms with Gasteiger partial charge in [0.2, 0.25) is 0 Å². The Balaban J connectivity index is 1.65. The second-order valence-electron chi connectivity index (χ2n) is 4.60. The summed E-state index contributed by atoms with van der Waals surface area (Å²) in [5, 5.41) is 11.1. The van der Waals surface area contributed by atoms with Crippen molar-refractivity contribution >= 4 is 5.69 Å². The maximum absolute atomic E-state index is 5.22. The smallest absolute Gasteiger partial charge is 0.119 e. The van der Waals surface area contributed by atoms with Crippen LogP contribution in [0.3, 0.4) is 0 Å². The Labute approximate surface area is 123 Å². The molecular weight excluding hydrogens is 264 g/mol. The van der Waals surface area contributed by atoms with Crippen LogP contribution in [-0.4, -0.2) is 22.1 Å². The molecule has 0 fully saturated rings. The number of anilines is 1. The molecule has 106 valence electrons. The van der Waals surface area contributed by atoms with E-state index in [0.717, 1.165) is 23.7 Å². The third-order valence-corrected chi connectivity index (χ3v) is 3.19. The van der Waals surface area contributed by atoms with Crippen LogP contribution in [0.25, 0.3) is 5.69 Å². The molecule has 2 aromatic carbocycles. The van der Waals surface area contributed by atoms with E-state index in [9.17, 15) is 0 Å². The molecule has 0 saturated carbocycles. The molecule has 21 heavy (non-hydrogen) atoms. The summed E-state index contributed by atoms with van der Waals surface area (Å²) in [5.74, 6) is 0.871. The number of nitrogens with zero attached hydrogens (tertiary/aromatic N) is 3. The highest BCUT2D eigenvalue weighted by molar-refractivity contribution is 5.49. The molecule has 0 unspecified atom stereocenters. The van der Waals surface area contributed by atoms with Crippen molar-refractivity contribution in [3.63, 3.8) is 0 Å². The minimum absolute atomic E-state index is 0.750. The summed E-state index contributed by atoms with van der Waals surface area (Å²) < 4.78 is 6.95. The first kappa shape index (κ1) is 13.2. The van der Waals surface area contributed by atoms with Gasteiger partial charge in [0.05, 0.1) is 25.2 Å². The lowest BCUT2D eigenvalue weighted by atomic mass is 10.2. The van der Waals surface area contributed by atoms with Crippen LogP contribution in [-0.2, 0) is 6.54 Å². The van der Waals surface area contributed by atoms with Gasteiger partial charge in [-0.05, 0) is 42.0 Å². The standard InChI is InChI=1S/C16H16N4O/c1-21-16-4-2-3-13(11-16)12-17-14-5-7-15(8-6-14)20-10-9-18-19-20/h2-11,17H,12H2,1H3. The second-order valence-corrected chi connectivity index (χ2v) is 4.60. The van der Waals surface area contributed by atoms with E-state index in [4.69, 9.17) is 4.74 Å². The fraction of sp³-hybridized carbons (Fsp3) is 0.125. The third-order valence-electron chi connectivity index (χ3n) is 3.19. The Morgan fingerprint density at radius 1 is 1.14 bits per heavy atom. The average molecular weight is 280 g/mol. The predicted octanol–water partition coefficient (Wildman–Crippen LogP) is 2.89. The predicted molar refractivity (Wildman–Crippen MR) is 81.7 cm³/mol. The molecule has 0 aliphatic rings. The summed E-state index contributed by atoms with van der Waals surface area (Å²) in [6.45, 7) is 0.750. The van der Waals surface area contributed by atoms with Crippen LogP contribution in [0.2, 0.25) is 0 Å². The van der Waals surface area contributed by atoms with Crippen molar-refractivity contribution in [2.24, 2.45) is 0 Å². The second kappa shape index (κ2) is 6.09. The Morgan fingerprint density at radius 2 is 2.00 bits per heavy atom. The topological polar surface area (TPSA) is 52.0 Å². The molecular formula is C16H16N4O. The molecule has 1 aromatic heterocycles. The summed E-state index contributed by atoms with van der Waals surface area (Å²) in [4.78, 5) is 0. The van der Waals surface area contributed by atoms with Crippen molar-refractivity contribution in [3.8, 4) is 11.4 Å². The lowest BCUT2D eigenvalue weighted by Crippen LogP contribution is -2.00. The Kier molecular flexibility index (Phi) is 3.82. The molecule has 0 atom stereocenters. The van der Waals surface area contributed by atoms with Gasteiger partial charge in [0.25, 0.3) is 0 Å². The van der Waals surface area contributed by atoms with Gasteiger partial charge in [0.15, 0.2) is 0 Å². The van der Waals surface area contributed by atoms with Gasteiger partial charge < -0.3 is 10.1 Å². The molecule has 5 nitrogen and oxygen atoms in total. The Bertz CT molecular complexity index is 693. The number of aromatic nitrogens is 3. The van der Waals surface area contributed by atoms with E-state index < -0.39 is 0 Å². The van der Waals surface area contributed by atoms with Crippen molar-refractivity contribution in [2.75, 3.05) is 12.4 Å². The highest BCUT2D eigenvalue weighted by atomic mass is 16.5. The van der Waals surface area contributed by atoms with Crippen LogP contribution in [0, 0.1) is 0 Å². The van der Waals surface area contributed by atoms with Crippen LogP contribution < -0.4 is 10.1 Å². The van der Waals surface area contributed by atoms with Crippen LogP contribution in [0.4, 0.5) is 5.69 Å². The molecule has 3 aromatic rings. The third kappa shape index (κ3) is 3.20. The first-order chi connectivity index (χ1) is 10.3. The summed E-state index contributed by atoms with van der Waals surface area (Å²) in [7, 11) is 1.68. The van der Waals surface area contributed by atoms with E-state index >= 15 is 0 Å². The minimum Gasteiger partial charge on any atom is -0.497 e. The SMILES string of the molecule is COc1cccc(CNc2ccc(-n3ccnn3)cc2)c1. The first-order valence-corrected chi connectivity index (χ1v) is 6.69. The Morgan fingerprint density at radius 3 is 2.71 bits per heavy atom. The van der Waals surface area contributed by atoms with Crippen LogP contribution in [0.5, 0.6) is 5.75 Å². The first-order valence-electron chi connectivity index (χ1n) is 6.69. The Hall–Kier alpha value is -2.82. The number of hydrogen-bond donors (Lipinski definition) is 1. The van der Waals surface area contributed by atoms with Gasteiger partial charge in [0.1, 0.15) is 5.75 Å². The van der Waals surface area contributed by atoms with Gasteiger partial charge in [-0.3, -0.25) is 0 Å². The van der Waals surface area contributed by atoms with E-state index in [1.165, 1.54) is 5.56 Å². The zero-order chi connectivity index (χ0) is 14.5. The number of benzene rings is 2. The zero-order valence-electron chi connectivity index (χ0n) is 11.7. The molecule has 0 amide bonds. The number of ether oxygens (including phenoxy) is 1.